The Kier molecular flexibility index (Phi) is 11.3. The maximum Gasteiger partial charge on any atom is 0.329 e. The van der Waals surface area contributed by atoms with E-state index in [9.17, 15) is 24.0 Å². The minimum Gasteiger partial charge on any atom is -0.379 e. The summed E-state index contributed by atoms with van der Waals surface area (Å²) < 4.78 is 16.3. The predicted octanol–water partition coefficient (Wildman–Crippen LogP) is 2.44. The zero-order valence-electron chi connectivity index (χ0n) is 31.0. The number of aryl methyl sites for hydroxylation is 2. The number of nitrogens with one attached hydrogen (secondary N) is 2. The molecule has 0 saturated carbocycles. The fourth-order valence-corrected chi connectivity index (χ4v) is 7.29. The molecule has 4 amide bonds. The van der Waals surface area contributed by atoms with Gasteiger partial charge in [-0.1, -0.05) is 35.6 Å². The molecule has 5 heterocycles. The molecule has 2 aliphatic heterocycles. The Morgan fingerprint density at radius 3 is 2.67 bits per heavy atom. The molecule has 55 heavy (non-hydrogen) atoms. The minimum absolute atomic E-state index is 0.0796. The molecular formula is C39H45N9O7. The number of benzene rings is 2. The number of ether oxygens (including phenoxy) is 2. The van der Waals surface area contributed by atoms with Crippen molar-refractivity contribution in [3.8, 4) is 0 Å². The zero-order valence-corrected chi connectivity index (χ0v) is 31.0. The molecule has 1 fully saturated rings. The summed E-state index contributed by atoms with van der Waals surface area (Å²) in [5, 5.41) is 11.0. The average Bonchev–Trinajstić information content (AvgIpc) is 3.93. The van der Waals surface area contributed by atoms with Crippen LogP contribution in [0.1, 0.15) is 53.3 Å². The molecule has 16 heteroatoms. The highest BCUT2D eigenvalue weighted by molar-refractivity contribution is 6.00. The van der Waals surface area contributed by atoms with Crippen LogP contribution in [0.3, 0.4) is 0 Å². The summed E-state index contributed by atoms with van der Waals surface area (Å²) in [7, 11) is 3.42. The van der Waals surface area contributed by atoms with E-state index >= 15 is 0 Å². The third-order valence-electron chi connectivity index (χ3n) is 10.3. The second kappa shape index (κ2) is 16.7. The van der Waals surface area contributed by atoms with Crippen LogP contribution in [0, 0.1) is 0 Å². The topological polar surface area (TPSA) is 179 Å². The van der Waals surface area contributed by atoms with E-state index in [0.29, 0.717) is 76.7 Å². The summed E-state index contributed by atoms with van der Waals surface area (Å²) in [5.74, 6) is -0.855. The normalized spacial score (nSPS) is 16.1. The first-order valence-electron chi connectivity index (χ1n) is 18.6. The van der Waals surface area contributed by atoms with Crippen molar-refractivity contribution < 1.29 is 28.7 Å². The van der Waals surface area contributed by atoms with Gasteiger partial charge in [0.15, 0.2) is 0 Å². The number of nitrogens with zero attached hydrogens (tertiary/aromatic N) is 7. The van der Waals surface area contributed by atoms with Gasteiger partial charge in [-0.3, -0.25) is 38.3 Å². The number of imidazole rings is 1. The van der Waals surface area contributed by atoms with E-state index in [0.717, 1.165) is 39.5 Å². The molecule has 3 aromatic heterocycles. The summed E-state index contributed by atoms with van der Waals surface area (Å²) in [4.78, 5) is 70.3. The fraction of sp³-hybridized carbons (Fsp3) is 0.410. The van der Waals surface area contributed by atoms with Crippen LogP contribution in [0.25, 0.3) is 27.5 Å². The second-order valence-corrected chi connectivity index (χ2v) is 13.9. The monoisotopic (exact) mass is 751 g/mol. The molecule has 2 aliphatic rings. The van der Waals surface area contributed by atoms with Crippen molar-refractivity contribution in [1.82, 2.24) is 44.2 Å². The number of rotatable bonds is 15. The minimum atomic E-state index is -0.734. The standard InChI is InChI=1S/C39H45N9O7/c1-44(18-20-55-22-21-54-19-13-26-5-3-7-32-36(26)45(2)39(53)48(32)33-10-11-34(49)42-37(33)51)38(52)31-24-28-9-8-27(23-30(28)41-31)29-6-4-15-46(25-29)35(50)12-16-47-17-14-40-43-47/h3,5-9,14,17,23-24,33,41H,4,10-13,15-16,18-22,25H2,1-2H3,(H,42,49,51). The summed E-state index contributed by atoms with van der Waals surface area (Å²) >= 11 is 0. The number of hydrogen-bond acceptors (Lipinski definition) is 9. The van der Waals surface area contributed by atoms with Crippen LogP contribution in [0.2, 0.25) is 0 Å². The number of aromatic nitrogens is 6. The molecule has 1 saturated heterocycles. The Morgan fingerprint density at radius 2 is 1.87 bits per heavy atom. The first-order chi connectivity index (χ1) is 26.7. The smallest absolute Gasteiger partial charge is 0.329 e. The van der Waals surface area contributed by atoms with Crippen molar-refractivity contribution in [2.24, 2.45) is 7.05 Å². The SMILES string of the molecule is CN(CCOCCOCCc1cccc2c1n(C)c(=O)n2C1CCC(=O)NC1=O)C(=O)c1cc2ccc(C3=CCCN(C(=O)CCn4ccnn4)C3)cc2[nH]1. The molecule has 2 N–H and O–H groups in total. The molecule has 1 atom stereocenters. The average molecular weight is 752 g/mol. The van der Waals surface area contributed by atoms with E-state index in [1.165, 1.54) is 4.57 Å². The Morgan fingerprint density at radius 1 is 1.04 bits per heavy atom. The van der Waals surface area contributed by atoms with Gasteiger partial charge in [0.2, 0.25) is 17.7 Å². The van der Waals surface area contributed by atoms with Crippen LogP contribution >= 0.6 is 0 Å². The predicted molar refractivity (Wildman–Crippen MR) is 203 cm³/mol. The van der Waals surface area contributed by atoms with Crippen LogP contribution in [-0.4, -0.2) is 116 Å². The maximum atomic E-state index is 13.3. The number of carbonyl (C=O) groups is 4. The number of para-hydroxylation sites is 1. The summed E-state index contributed by atoms with van der Waals surface area (Å²) in [5.41, 5.74) is 5.42. The molecule has 0 aliphatic carbocycles. The van der Waals surface area contributed by atoms with E-state index in [4.69, 9.17) is 9.47 Å². The van der Waals surface area contributed by atoms with Gasteiger partial charge in [-0.25, -0.2) is 4.79 Å². The summed E-state index contributed by atoms with van der Waals surface area (Å²) in [6, 6.07) is 12.8. The van der Waals surface area contributed by atoms with Crippen molar-refractivity contribution in [3.63, 3.8) is 0 Å². The van der Waals surface area contributed by atoms with Crippen LogP contribution in [0.15, 0.2) is 65.7 Å². The molecule has 0 spiro atoms. The molecule has 1 unspecified atom stereocenters. The largest absolute Gasteiger partial charge is 0.379 e. The Labute approximate surface area is 316 Å². The lowest BCUT2D eigenvalue weighted by atomic mass is 10.00. The maximum absolute atomic E-state index is 13.3. The summed E-state index contributed by atoms with van der Waals surface area (Å²) in [6.45, 7) is 3.56. The number of imide groups is 1. The van der Waals surface area contributed by atoms with Crippen LogP contribution < -0.4 is 11.0 Å². The number of amides is 4. The van der Waals surface area contributed by atoms with Crippen molar-refractivity contribution in [2.45, 2.75) is 44.7 Å². The molecule has 5 aromatic rings. The third kappa shape index (κ3) is 8.29. The first kappa shape index (κ1) is 37.4. The number of hydrogen-bond donors (Lipinski definition) is 2. The lowest BCUT2D eigenvalue weighted by Crippen LogP contribution is -2.44. The quantitative estimate of drug-likeness (QED) is 0.120. The van der Waals surface area contributed by atoms with Gasteiger partial charge in [-0.05, 0) is 54.2 Å². The lowest BCUT2D eigenvalue weighted by Gasteiger charge is -2.28. The van der Waals surface area contributed by atoms with Crippen LogP contribution in [0.4, 0.5) is 0 Å². The number of carbonyl (C=O) groups excluding carboxylic acids is 4. The fourth-order valence-electron chi connectivity index (χ4n) is 7.29. The molecule has 2 aromatic carbocycles. The third-order valence-corrected chi connectivity index (χ3v) is 10.3. The van der Waals surface area contributed by atoms with Crippen molar-refractivity contribution >= 4 is 51.1 Å². The molecule has 16 nitrogen and oxygen atoms in total. The molecule has 0 bridgehead atoms. The van der Waals surface area contributed by atoms with Gasteiger partial charge in [-0.15, -0.1) is 5.10 Å². The van der Waals surface area contributed by atoms with E-state index in [2.05, 4.69) is 26.7 Å². The van der Waals surface area contributed by atoms with E-state index in [1.54, 1.807) is 40.6 Å². The lowest BCUT2D eigenvalue weighted by molar-refractivity contribution is -0.136. The van der Waals surface area contributed by atoms with Gasteiger partial charge < -0.3 is 24.3 Å². The van der Waals surface area contributed by atoms with Crippen molar-refractivity contribution in [1.29, 1.82) is 0 Å². The number of aromatic amines is 1. The van der Waals surface area contributed by atoms with Gasteiger partial charge in [0.05, 0.1) is 50.2 Å². The van der Waals surface area contributed by atoms with E-state index < -0.39 is 11.9 Å². The van der Waals surface area contributed by atoms with Crippen molar-refractivity contribution in [2.75, 3.05) is 53.1 Å². The second-order valence-electron chi connectivity index (χ2n) is 13.9. The van der Waals surface area contributed by atoms with Gasteiger partial charge in [0, 0.05) is 63.7 Å². The Balaban J connectivity index is 0.845. The number of fused-ring (bicyclic) bond motifs is 2. The van der Waals surface area contributed by atoms with E-state index in [-0.39, 0.29) is 36.3 Å². The van der Waals surface area contributed by atoms with Gasteiger partial charge >= 0.3 is 5.69 Å². The molecule has 7 rings (SSSR count). The highest BCUT2D eigenvalue weighted by Crippen LogP contribution is 2.27. The summed E-state index contributed by atoms with van der Waals surface area (Å²) in [6.07, 6.45) is 7.68. The molecular weight excluding hydrogens is 706 g/mol. The highest BCUT2D eigenvalue weighted by Gasteiger charge is 2.31. The van der Waals surface area contributed by atoms with Crippen LogP contribution in [-0.2, 0) is 43.9 Å². The van der Waals surface area contributed by atoms with E-state index in [1.807, 2.05) is 47.4 Å². The molecule has 0 radical (unpaired) electrons. The van der Waals surface area contributed by atoms with Gasteiger partial charge in [0.25, 0.3) is 5.91 Å². The van der Waals surface area contributed by atoms with Gasteiger partial charge in [-0.2, -0.15) is 0 Å². The van der Waals surface area contributed by atoms with Crippen LogP contribution in [0.5, 0.6) is 0 Å². The number of H-pyrrole nitrogens is 1. The van der Waals surface area contributed by atoms with Gasteiger partial charge in [0.1, 0.15) is 11.7 Å². The highest BCUT2D eigenvalue weighted by atomic mass is 16.5. The number of likely N-dealkylation sites (N-methyl/N-ethyl adjacent to an activating group) is 1. The number of piperidine rings is 1. The zero-order chi connectivity index (χ0) is 38.5. The first-order valence-corrected chi connectivity index (χ1v) is 18.6. The van der Waals surface area contributed by atoms with Crippen molar-refractivity contribution in [3.05, 3.63) is 88.2 Å². The Hall–Kier alpha value is -5.87. The Bertz CT molecular complexity index is 2300. The molecule has 288 valence electrons.